The lowest BCUT2D eigenvalue weighted by atomic mass is 10.1. The van der Waals surface area contributed by atoms with Crippen LogP contribution in [0, 0.1) is 6.92 Å². The van der Waals surface area contributed by atoms with Gasteiger partial charge in [-0.15, -0.1) is 0 Å². The first-order chi connectivity index (χ1) is 10.0. The summed E-state index contributed by atoms with van der Waals surface area (Å²) >= 11 is 0. The summed E-state index contributed by atoms with van der Waals surface area (Å²) in [6.45, 7) is 2.50. The third-order valence-electron chi connectivity index (χ3n) is 3.22. The number of methoxy groups -OCH3 is 1. The Morgan fingerprint density at radius 2 is 2.00 bits per heavy atom. The topological polar surface area (TPSA) is 90.4 Å². The lowest BCUT2D eigenvalue weighted by Gasteiger charge is -2.12. The average Bonchev–Trinajstić information content (AvgIpc) is 2.45. The Balaban J connectivity index is 2.18. The summed E-state index contributed by atoms with van der Waals surface area (Å²) in [7, 11) is 1.58. The molecule has 2 aromatic rings. The smallest absolute Gasteiger partial charge is 0.250 e. The summed E-state index contributed by atoms with van der Waals surface area (Å²) < 4.78 is 5.12. The number of benzene rings is 2. The van der Waals surface area contributed by atoms with Crippen molar-refractivity contribution in [2.24, 2.45) is 5.73 Å². The molecule has 0 fully saturated rings. The van der Waals surface area contributed by atoms with Gasteiger partial charge in [-0.3, -0.25) is 4.79 Å². The second-order valence-corrected chi connectivity index (χ2v) is 4.84. The Morgan fingerprint density at radius 3 is 2.62 bits per heavy atom. The van der Waals surface area contributed by atoms with Crippen LogP contribution < -0.4 is 21.5 Å². The van der Waals surface area contributed by atoms with Gasteiger partial charge in [-0.05, 0) is 42.3 Å². The van der Waals surface area contributed by atoms with E-state index in [4.69, 9.17) is 16.2 Å². The van der Waals surface area contributed by atoms with Crippen molar-refractivity contribution in [3.8, 4) is 5.75 Å². The Bertz CT molecular complexity index is 669. The maximum Gasteiger partial charge on any atom is 0.250 e. The highest BCUT2D eigenvalue weighted by molar-refractivity contribution is 5.98. The highest BCUT2D eigenvalue weighted by atomic mass is 16.5. The minimum atomic E-state index is -0.452. The zero-order valence-electron chi connectivity index (χ0n) is 12.1. The monoisotopic (exact) mass is 285 g/mol. The van der Waals surface area contributed by atoms with Gasteiger partial charge in [-0.2, -0.15) is 0 Å². The third-order valence-corrected chi connectivity index (χ3v) is 3.22. The van der Waals surface area contributed by atoms with Crippen LogP contribution >= 0.6 is 0 Å². The molecule has 0 heterocycles. The van der Waals surface area contributed by atoms with Crippen molar-refractivity contribution in [1.82, 2.24) is 0 Å². The molecule has 1 amide bonds. The number of hydrogen-bond acceptors (Lipinski definition) is 4. The van der Waals surface area contributed by atoms with Crippen molar-refractivity contribution >= 4 is 17.3 Å². The summed E-state index contributed by atoms with van der Waals surface area (Å²) in [5.74, 6) is 0.193. The van der Waals surface area contributed by atoms with Crippen molar-refractivity contribution in [1.29, 1.82) is 0 Å². The van der Waals surface area contributed by atoms with E-state index in [0.29, 0.717) is 23.5 Å². The Hall–Kier alpha value is -2.69. The number of anilines is 2. The number of carbonyl (C=O) groups is 1. The summed E-state index contributed by atoms with van der Waals surface area (Å²) in [5.41, 5.74) is 15.1. The van der Waals surface area contributed by atoms with Gasteiger partial charge in [0.15, 0.2) is 0 Å². The molecule has 0 saturated carbocycles. The van der Waals surface area contributed by atoms with Gasteiger partial charge in [0.1, 0.15) is 5.75 Å². The van der Waals surface area contributed by atoms with Crippen molar-refractivity contribution in [3.63, 3.8) is 0 Å². The van der Waals surface area contributed by atoms with Crippen LogP contribution in [0.25, 0.3) is 0 Å². The minimum Gasteiger partial charge on any atom is -0.495 e. The molecular formula is C16H19N3O2. The minimum absolute atomic E-state index is 0.452. The van der Waals surface area contributed by atoms with Crippen LogP contribution in [-0.2, 0) is 6.54 Å². The predicted octanol–water partition coefficient (Wildman–Crippen LogP) is 2.30. The standard InChI is InChI=1S/C16H19N3O2/c1-10-3-5-12(16(18)20)14(7-10)19-9-11-4-6-15(21-2)13(17)8-11/h3-8,19H,9,17H2,1-2H3,(H2,18,20). The van der Waals surface area contributed by atoms with Gasteiger partial charge < -0.3 is 21.5 Å². The largest absolute Gasteiger partial charge is 0.495 e. The van der Waals surface area contributed by atoms with Crippen molar-refractivity contribution in [2.45, 2.75) is 13.5 Å². The molecule has 5 heteroatoms. The average molecular weight is 285 g/mol. The highest BCUT2D eigenvalue weighted by Crippen LogP contribution is 2.23. The molecule has 0 radical (unpaired) electrons. The van der Waals surface area contributed by atoms with Crippen LogP contribution in [0.4, 0.5) is 11.4 Å². The van der Waals surface area contributed by atoms with E-state index in [2.05, 4.69) is 5.32 Å². The molecule has 0 saturated heterocycles. The fraction of sp³-hybridized carbons (Fsp3) is 0.188. The molecule has 0 aliphatic rings. The van der Waals surface area contributed by atoms with E-state index < -0.39 is 5.91 Å². The predicted molar refractivity (Wildman–Crippen MR) is 84.4 cm³/mol. The summed E-state index contributed by atoms with van der Waals surface area (Å²) in [6.07, 6.45) is 0. The van der Waals surface area contributed by atoms with Gasteiger partial charge in [0, 0.05) is 12.2 Å². The van der Waals surface area contributed by atoms with Crippen LogP contribution in [-0.4, -0.2) is 13.0 Å². The zero-order chi connectivity index (χ0) is 15.4. The number of hydrogen-bond donors (Lipinski definition) is 3. The number of carbonyl (C=O) groups excluding carboxylic acids is 1. The third kappa shape index (κ3) is 3.45. The second-order valence-electron chi connectivity index (χ2n) is 4.84. The lowest BCUT2D eigenvalue weighted by molar-refractivity contribution is 0.100. The van der Waals surface area contributed by atoms with Gasteiger partial charge in [0.2, 0.25) is 0 Å². The van der Waals surface area contributed by atoms with Crippen molar-refractivity contribution < 1.29 is 9.53 Å². The fourth-order valence-corrected chi connectivity index (χ4v) is 2.11. The Morgan fingerprint density at radius 1 is 1.24 bits per heavy atom. The van der Waals surface area contributed by atoms with Gasteiger partial charge in [0.05, 0.1) is 18.4 Å². The first-order valence-electron chi connectivity index (χ1n) is 6.58. The molecule has 2 aromatic carbocycles. The quantitative estimate of drug-likeness (QED) is 0.735. The van der Waals surface area contributed by atoms with E-state index in [0.717, 1.165) is 16.8 Å². The molecule has 5 N–H and O–H groups in total. The van der Waals surface area contributed by atoms with E-state index in [-0.39, 0.29) is 0 Å². The maximum absolute atomic E-state index is 11.4. The summed E-state index contributed by atoms with van der Waals surface area (Å²) in [5, 5.41) is 3.22. The van der Waals surface area contributed by atoms with Crippen LogP contribution in [0.5, 0.6) is 5.75 Å². The fourth-order valence-electron chi connectivity index (χ4n) is 2.11. The number of nitrogen functional groups attached to an aromatic ring is 1. The van der Waals surface area contributed by atoms with Crippen molar-refractivity contribution in [2.75, 3.05) is 18.2 Å². The Labute approximate surface area is 123 Å². The molecular weight excluding hydrogens is 266 g/mol. The van der Waals surface area contributed by atoms with Crippen LogP contribution in [0.15, 0.2) is 36.4 Å². The van der Waals surface area contributed by atoms with Crippen LogP contribution in [0.2, 0.25) is 0 Å². The van der Waals surface area contributed by atoms with Crippen LogP contribution in [0.1, 0.15) is 21.5 Å². The number of nitrogens with two attached hydrogens (primary N) is 2. The maximum atomic E-state index is 11.4. The van der Waals surface area contributed by atoms with Crippen molar-refractivity contribution in [3.05, 3.63) is 53.1 Å². The number of ether oxygens (including phenoxy) is 1. The summed E-state index contributed by atoms with van der Waals surface area (Å²) in [6, 6.07) is 11.1. The molecule has 5 nitrogen and oxygen atoms in total. The van der Waals surface area contributed by atoms with E-state index in [1.165, 1.54) is 0 Å². The molecule has 0 atom stereocenters. The number of rotatable bonds is 5. The van der Waals surface area contributed by atoms with Crippen LogP contribution in [0.3, 0.4) is 0 Å². The summed E-state index contributed by atoms with van der Waals surface area (Å²) in [4.78, 5) is 11.4. The highest BCUT2D eigenvalue weighted by Gasteiger charge is 2.08. The first-order valence-corrected chi connectivity index (χ1v) is 6.58. The second kappa shape index (κ2) is 6.17. The number of nitrogens with one attached hydrogen (secondary N) is 1. The number of aryl methyl sites for hydroxylation is 1. The number of amides is 1. The molecule has 110 valence electrons. The molecule has 0 spiro atoms. The normalized spacial score (nSPS) is 10.2. The van der Waals surface area contributed by atoms with Gasteiger partial charge in [-0.1, -0.05) is 12.1 Å². The molecule has 2 rings (SSSR count). The SMILES string of the molecule is COc1ccc(CNc2cc(C)ccc2C(N)=O)cc1N. The van der Waals surface area contributed by atoms with Gasteiger partial charge in [0.25, 0.3) is 5.91 Å². The van der Waals surface area contributed by atoms with E-state index >= 15 is 0 Å². The molecule has 0 aromatic heterocycles. The molecule has 0 bridgehead atoms. The zero-order valence-corrected chi connectivity index (χ0v) is 12.1. The first kappa shape index (κ1) is 14.7. The molecule has 0 aliphatic carbocycles. The Kier molecular flexibility index (Phi) is 4.33. The molecule has 0 aliphatic heterocycles. The number of primary amides is 1. The van der Waals surface area contributed by atoms with Gasteiger partial charge in [-0.25, -0.2) is 0 Å². The van der Waals surface area contributed by atoms with Gasteiger partial charge >= 0.3 is 0 Å². The van der Waals surface area contributed by atoms with E-state index in [9.17, 15) is 4.79 Å². The molecule has 0 unspecified atom stereocenters. The molecule has 21 heavy (non-hydrogen) atoms. The van der Waals surface area contributed by atoms with E-state index in [1.54, 1.807) is 13.2 Å². The van der Waals surface area contributed by atoms with E-state index in [1.807, 2.05) is 37.3 Å². The lowest BCUT2D eigenvalue weighted by Crippen LogP contribution is -2.14.